The van der Waals surface area contributed by atoms with Crippen LogP contribution in [-0.4, -0.2) is 35.8 Å². The molecule has 2 heterocycles. The maximum atomic E-state index is 12.1. The molecule has 106 valence electrons. The van der Waals surface area contributed by atoms with E-state index in [2.05, 4.69) is 20.5 Å². The zero-order chi connectivity index (χ0) is 14.9. The number of hydrogen-bond donors (Lipinski definition) is 2. The van der Waals surface area contributed by atoms with Crippen molar-refractivity contribution < 1.29 is 13.2 Å². The van der Waals surface area contributed by atoms with Crippen LogP contribution < -0.4 is 5.32 Å². The highest BCUT2D eigenvalue weighted by Crippen LogP contribution is 2.14. The summed E-state index contributed by atoms with van der Waals surface area (Å²) in [6.07, 6.45) is 2.38. The molecule has 0 aliphatic carbocycles. The lowest BCUT2D eigenvalue weighted by molar-refractivity contribution is 0.102. The standard InChI is InChI=1S/C12H14N4O3S/c1-7-11(8(2)16-15-7)12(17)14-9-4-5-10(13-6-9)20(3,18)19/h4-6H,1-3H3,(H,14,17)(H,15,16). The van der Waals surface area contributed by atoms with Gasteiger partial charge in [0.1, 0.15) is 0 Å². The molecule has 2 aromatic heterocycles. The molecule has 0 aliphatic rings. The van der Waals surface area contributed by atoms with Gasteiger partial charge in [0, 0.05) is 11.9 Å². The van der Waals surface area contributed by atoms with Crippen molar-refractivity contribution in [3.63, 3.8) is 0 Å². The van der Waals surface area contributed by atoms with Gasteiger partial charge in [0.25, 0.3) is 5.91 Å². The van der Waals surface area contributed by atoms with Gasteiger partial charge in [0.05, 0.1) is 23.1 Å². The summed E-state index contributed by atoms with van der Waals surface area (Å²) in [5.74, 6) is -0.317. The average Bonchev–Trinajstić information content (AvgIpc) is 2.68. The highest BCUT2D eigenvalue weighted by atomic mass is 32.2. The van der Waals surface area contributed by atoms with Crippen molar-refractivity contribution in [3.8, 4) is 0 Å². The molecule has 7 nitrogen and oxygen atoms in total. The van der Waals surface area contributed by atoms with Crippen LogP contribution in [0, 0.1) is 13.8 Å². The predicted octanol–water partition coefficient (Wildman–Crippen LogP) is 1.08. The lowest BCUT2D eigenvalue weighted by Gasteiger charge is -2.05. The summed E-state index contributed by atoms with van der Waals surface area (Å²) in [4.78, 5) is 15.9. The van der Waals surface area contributed by atoms with Gasteiger partial charge in [0.2, 0.25) is 0 Å². The molecule has 2 rings (SSSR count). The Morgan fingerprint density at radius 3 is 2.45 bits per heavy atom. The van der Waals surface area contributed by atoms with Crippen LogP contribution >= 0.6 is 0 Å². The molecule has 0 saturated heterocycles. The van der Waals surface area contributed by atoms with Gasteiger partial charge in [-0.3, -0.25) is 9.89 Å². The third kappa shape index (κ3) is 2.85. The maximum absolute atomic E-state index is 12.1. The molecular formula is C12H14N4O3S. The number of carbonyl (C=O) groups is 1. The van der Waals surface area contributed by atoms with Crippen LogP contribution in [0.15, 0.2) is 23.4 Å². The molecule has 0 bridgehead atoms. The van der Waals surface area contributed by atoms with Crippen LogP contribution in [0.4, 0.5) is 5.69 Å². The molecule has 20 heavy (non-hydrogen) atoms. The summed E-state index contributed by atoms with van der Waals surface area (Å²) < 4.78 is 22.6. The number of sulfone groups is 1. The Bertz CT molecular complexity index is 728. The highest BCUT2D eigenvalue weighted by molar-refractivity contribution is 7.90. The van der Waals surface area contributed by atoms with Crippen LogP contribution in [-0.2, 0) is 9.84 Å². The Balaban J connectivity index is 2.21. The van der Waals surface area contributed by atoms with E-state index in [9.17, 15) is 13.2 Å². The van der Waals surface area contributed by atoms with Gasteiger partial charge in [-0.25, -0.2) is 13.4 Å². The van der Waals surface area contributed by atoms with E-state index in [0.717, 1.165) is 6.26 Å². The Kier molecular flexibility index (Phi) is 3.58. The largest absolute Gasteiger partial charge is 0.320 e. The number of hydrogen-bond acceptors (Lipinski definition) is 5. The van der Waals surface area contributed by atoms with Crippen molar-refractivity contribution in [3.05, 3.63) is 35.3 Å². The Morgan fingerprint density at radius 2 is 2.00 bits per heavy atom. The minimum Gasteiger partial charge on any atom is -0.320 e. The molecule has 0 radical (unpaired) electrons. The monoisotopic (exact) mass is 294 g/mol. The number of rotatable bonds is 3. The third-order valence-electron chi connectivity index (χ3n) is 2.73. The number of aromatic amines is 1. The molecule has 0 unspecified atom stereocenters. The first-order valence-electron chi connectivity index (χ1n) is 5.78. The molecule has 0 atom stereocenters. The molecule has 0 spiro atoms. The third-order valence-corrected chi connectivity index (χ3v) is 3.73. The fourth-order valence-corrected chi connectivity index (χ4v) is 2.31. The zero-order valence-corrected chi connectivity index (χ0v) is 12.1. The molecular weight excluding hydrogens is 280 g/mol. The van der Waals surface area contributed by atoms with Gasteiger partial charge in [0.15, 0.2) is 14.9 Å². The number of amides is 1. The zero-order valence-electron chi connectivity index (χ0n) is 11.3. The molecule has 0 fully saturated rings. The number of carbonyl (C=O) groups excluding carboxylic acids is 1. The van der Waals surface area contributed by atoms with E-state index in [-0.39, 0.29) is 10.9 Å². The van der Waals surface area contributed by atoms with Crippen LogP contribution in [0.3, 0.4) is 0 Å². The van der Waals surface area contributed by atoms with E-state index >= 15 is 0 Å². The lowest BCUT2D eigenvalue weighted by Crippen LogP contribution is -2.14. The van der Waals surface area contributed by atoms with Gasteiger partial charge in [-0.15, -0.1) is 0 Å². The van der Waals surface area contributed by atoms with E-state index in [1.807, 2.05) is 0 Å². The predicted molar refractivity (Wildman–Crippen MR) is 73.4 cm³/mol. The van der Waals surface area contributed by atoms with Crippen LogP contribution in [0.5, 0.6) is 0 Å². The Morgan fingerprint density at radius 1 is 1.30 bits per heavy atom. The quantitative estimate of drug-likeness (QED) is 0.881. The summed E-state index contributed by atoms with van der Waals surface area (Å²) in [7, 11) is -3.34. The van der Waals surface area contributed by atoms with Crippen molar-refractivity contribution >= 4 is 21.4 Å². The first kappa shape index (κ1) is 14.2. The number of pyridine rings is 1. The fraction of sp³-hybridized carbons (Fsp3) is 0.250. The topological polar surface area (TPSA) is 105 Å². The maximum Gasteiger partial charge on any atom is 0.259 e. The van der Waals surface area contributed by atoms with Crippen molar-refractivity contribution in [2.75, 3.05) is 11.6 Å². The van der Waals surface area contributed by atoms with Crippen molar-refractivity contribution in [1.82, 2.24) is 15.2 Å². The van der Waals surface area contributed by atoms with E-state index in [1.165, 1.54) is 18.3 Å². The molecule has 0 aliphatic heterocycles. The molecule has 8 heteroatoms. The van der Waals surface area contributed by atoms with Crippen molar-refractivity contribution in [2.24, 2.45) is 0 Å². The number of aromatic nitrogens is 3. The second-order valence-electron chi connectivity index (χ2n) is 4.42. The summed E-state index contributed by atoms with van der Waals surface area (Å²) in [6.45, 7) is 3.48. The smallest absolute Gasteiger partial charge is 0.259 e. The number of anilines is 1. The van der Waals surface area contributed by atoms with E-state index in [0.29, 0.717) is 22.6 Å². The number of nitrogens with one attached hydrogen (secondary N) is 2. The SMILES string of the molecule is Cc1n[nH]c(C)c1C(=O)Nc1ccc(S(C)(=O)=O)nc1. The van der Waals surface area contributed by atoms with Gasteiger partial charge in [-0.05, 0) is 26.0 Å². The second kappa shape index (κ2) is 5.04. The lowest BCUT2D eigenvalue weighted by atomic mass is 10.2. The fourth-order valence-electron chi connectivity index (χ4n) is 1.75. The molecule has 2 N–H and O–H groups in total. The average molecular weight is 294 g/mol. The number of H-pyrrole nitrogens is 1. The van der Waals surface area contributed by atoms with Gasteiger partial charge in [-0.1, -0.05) is 0 Å². The van der Waals surface area contributed by atoms with Crippen molar-refractivity contribution in [2.45, 2.75) is 18.9 Å². The molecule has 0 saturated carbocycles. The highest BCUT2D eigenvalue weighted by Gasteiger charge is 2.16. The van der Waals surface area contributed by atoms with Gasteiger partial charge < -0.3 is 5.32 Å². The van der Waals surface area contributed by atoms with Gasteiger partial charge in [-0.2, -0.15) is 5.10 Å². The van der Waals surface area contributed by atoms with Crippen LogP contribution in [0.1, 0.15) is 21.7 Å². The minimum atomic E-state index is -3.34. The van der Waals surface area contributed by atoms with Crippen LogP contribution in [0.2, 0.25) is 0 Å². The number of aryl methyl sites for hydroxylation is 2. The summed E-state index contributed by atoms with van der Waals surface area (Å²) in [6, 6.07) is 2.84. The Labute approximate surface area is 116 Å². The first-order chi connectivity index (χ1) is 9.29. The minimum absolute atomic E-state index is 0.0360. The normalized spacial score (nSPS) is 11.3. The van der Waals surface area contributed by atoms with Crippen LogP contribution in [0.25, 0.3) is 0 Å². The molecule has 2 aromatic rings. The Hall–Kier alpha value is -2.22. The first-order valence-corrected chi connectivity index (χ1v) is 7.67. The molecule has 0 aromatic carbocycles. The van der Waals surface area contributed by atoms with E-state index in [4.69, 9.17) is 0 Å². The van der Waals surface area contributed by atoms with E-state index in [1.54, 1.807) is 13.8 Å². The molecule has 1 amide bonds. The summed E-state index contributed by atoms with van der Waals surface area (Å²) >= 11 is 0. The van der Waals surface area contributed by atoms with Gasteiger partial charge >= 0.3 is 0 Å². The number of nitrogens with zero attached hydrogens (tertiary/aromatic N) is 2. The van der Waals surface area contributed by atoms with Crippen molar-refractivity contribution in [1.29, 1.82) is 0 Å². The summed E-state index contributed by atoms with van der Waals surface area (Å²) in [5.41, 5.74) is 2.15. The summed E-state index contributed by atoms with van der Waals surface area (Å²) in [5, 5.41) is 9.28. The van der Waals surface area contributed by atoms with E-state index < -0.39 is 9.84 Å². The second-order valence-corrected chi connectivity index (χ2v) is 6.38.